The van der Waals surface area contributed by atoms with Gasteiger partial charge in [0.1, 0.15) is 17.3 Å². The van der Waals surface area contributed by atoms with Gasteiger partial charge in [-0.3, -0.25) is 14.9 Å². The van der Waals surface area contributed by atoms with Gasteiger partial charge in [-0.2, -0.15) is 10.1 Å². The second-order valence-electron chi connectivity index (χ2n) is 5.19. The second kappa shape index (κ2) is 7.10. The number of furan rings is 1. The van der Waals surface area contributed by atoms with Crippen LogP contribution in [0.2, 0.25) is 0 Å². The van der Waals surface area contributed by atoms with Gasteiger partial charge in [0.2, 0.25) is 0 Å². The number of carbonyl (C=O) groups is 1. The van der Waals surface area contributed by atoms with Gasteiger partial charge < -0.3 is 9.52 Å². The number of carbonyl (C=O) groups excluding carboxylic acids is 1. The first-order chi connectivity index (χ1) is 12.3. The van der Waals surface area contributed by atoms with Crippen molar-refractivity contribution in [1.29, 1.82) is 0 Å². The van der Waals surface area contributed by atoms with E-state index in [4.69, 9.17) is 16.6 Å². The molecule has 0 saturated carbocycles. The molecule has 1 amide bonds. The van der Waals surface area contributed by atoms with Crippen LogP contribution in [0.1, 0.15) is 17.1 Å². The number of aromatic hydroxyl groups is 1. The number of rotatable bonds is 4. The number of thioether (sulfide) groups is 1. The number of hydrogen-bond acceptors (Lipinski definition) is 8. The lowest BCUT2D eigenvalue weighted by atomic mass is 10.2. The van der Waals surface area contributed by atoms with Crippen molar-refractivity contribution in [3.05, 3.63) is 62.4 Å². The van der Waals surface area contributed by atoms with Crippen LogP contribution in [-0.2, 0) is 4.79 Å². The standard InChI is InChI=1S/C16H11N3O5S2/c1-9-2-4-12(24-9)7-14-15(21)18(16(25)26-14)17-8-10-6-11(19(22)23)3-5-13(10)20/h2-8,20H,1H3/b14-7+,17-8-. The third-order valence-electron chi connectivity index (χ3n) is 3.34. The summed E-state index contributed by atoms with van der Waals surface area (Å²) in [5.41, 5.74) is -0.110. The molecule has 1 aliphatic rings. The fraction of sp³-hybridized carbons (Fsp3) is 0.0625. The third kappa shape index (κ3) is 3.65. The Kier molecular flexibility index (Phi) is 4.87. The Morgan fingerprint density at radius 3 is 2.81 bits per heavy atom. The summed E-state index contributed by atoms with van der Waals surface area (Å²) in [7, 11) is 0. The summed E-state index contributed by atoms with van der Waals surface area (Å²) >= 11 is 6.20. The third-order valence-corrected chi connectivity index (χ3v) is 4.62. The molecule has 0 atom stereocenters. The van der Waals surface area contributed by atoms with Crippen molar-refractivity contribution >= 4 is 52.2 Å². The number of non-ortho nitro benzene ring substituents is 1. The number of nitro benzene ring substituents is 1. The van der Waals surface area contributed by atoms with Crippen LogP contribution in [0.5, 0.6) is 5.75 Å². The number of nitro groups is 1. The Balaban J connectivity index is 1.84. The minimum absolute atomic E-state index is 0.0962. The fourth-order valence-corrected chi connectivity index (χ4v) is 3.25. The number of phenols is 1. The summed E-state index contributed by atoms with van der Waals surface area (Å²) in [5, 5.41) is 25.6. The highest BCUT2D eigenvalue weighted by Crippen LogP contribution is 2.33. The van der Waals surface area contributed by atoms with Gasteiger partial charge in [0, 0.05) is 23.8 Å². The summed E-state index contributed by atoms with van der Waals surface area (Å²) in [5.74, 6) is 0.579. The van der Waals surface area contributed by atoms with Gasteiger partial charge in [-0.1, -0.05) is 11.8 Å². The maximum Gasteiger partial charge on any atom is 0.286 e. The lowest BCUT2D eigenvalue weighted by molar-refractivity contribution is -0.384. The minimum atomic E-state index is -0.593. The van der Waals surface area contributed by atoms with Gasteiger partial charge in [0.25, 0.3) is 11.6 Å². The molecule has 0 unspecified atom stereocenters. The maximum absolute atomic E-state index is 12.4. The van der Waals surface area contributed by atoms with Crippen LogP contribution >= 0.6 is 24.0 Å². The van der Waals surface area contributed by atoms with E-state index in [-0.39, 0.29) is 21.3 Å². The van der Waals surface area contributed by atoms with Gasteiger partial charge in [-0.05, 0) is 37.3 Å². The first-order valence-electron chi connectivity index (χ1n) is 7.21. The Hall–Kier alpha value is -2.98. The molecule has 0 radical (unpaired) electrons. The van der Waals surface area contributed by atoms with Crippen molar-refractivity contribution in [1.82, 2.24) is 5.01 Å². The normalized spacial score (nSPS) is 16.2. The number of hydrogen-bond donors (Lipinski definition) is 1. The van der Waals surface area contributed by atoms with Crippen molar-refractivity contribution in [2.24, 2.45) is 5.10 Å². The number of nitrogens with zero attached hydrogens (tertiary/aromatic N) is 3. The van der Waals surface area contributed by atoms with E-state index in [0.717, 1.165) is 29.1 Å². The molecule has 1 aliphatic heterocycles. The molecule has 8 nitrogen and oxygen atoms in total. The van der Waals surface area contributed by atoms with E-state index in [9.17, 15) is 20.0 Å². The SMILES string of the molecule is Cc1ccc(/C=C2/SC(=S)N(/N=C\c3cc([N+](=O)[O-])ccc3O)C2=O)o1. The molecule has 2 aromatic rings. The molecule has 0 aliphatic carbocycles. The largest absolute Gasteiger partial charge is 0.507 e. The first kappa shape index (κ1) is 17.8. The topological polar surface area (TPSA) is 109 Å². The zero-order valence-electron chi connectivity index (χ0n) is 13.3. The summed E-state index contributed by atoms with van der Waals surface area (Å²) < 4.78 is 5.61. The van der Waals surface area contributed by atoms with Gasteiger partial charge in [0.05, 0.1) is 16.0 Å². The Morgan fingerprint density at radius 2 is 2.15 bits per heavy atom. The van der Waals surface area contributed by atoms with E-state index in [0.29, 0.717) is 16.4 Å². The van der Waals surface area contributed by atoms with Crippen LogP contribution in [0.4, 0.5) is 5.69 Å². The van der Waals surface area contributed by atoms with E-state index in [1.165, 1.54) is 12.1 Å². The molecule has 1 aromatic heterocycles. The van der Waals surface area contributed by atoms with Crippen molar-refractivity contribution in [2.75, 3.05) is 0 Å². The van der Waals surface area contributed by atoms with E-state index in [2.05, 4.69) is 5.10 Å². The molecular weight excluding hydrogens is 378 g/mol. The highest BCUT2D eigenvalue weighted by Gasteiger charge is 2.32. The van der Waals surface area contributed by atoms with Gasteiger partial charge >= 0.3 is 0 Å². The highest BCUT2D eigenvalue weighted by atomic mass is 32.2. The van der Waals surface area contributed by atoms with Crippen LogP contribution in [0.3, 0.4) is 0 Å². The molecule has 0 bridgehead atoms. The Morgan fingerprint density at radius 1 is 1.38 bits per heavy atom. The monoisotopic (exact) mass is 389 g/mol. The minimum Gasteiger partial charge on any atom is -0.507 e. The van der Waals surface area contributed by atoms with Crippen LogP contribution in [0.25, 0.3) is 6.08 Å². The maximum atomic E-state index is 12.4. The molecule has 2 heterocycles. The van der Waals surface area contributed by atoms with E-state index in [1.54, 1.807) is 25.1 Å². The molecule has 0 spiro atoms. The molecule has 26 heavy (non-hydrogen) atoms. The number of hydrazone groups is 1. The predicted molar refractivity (Wildman–Crippen MR) is 101 cm³/mol. The molecule has 1 fully saturated rings. The summed E-state index contributed by atoms with van der Waals surface area (Å²) in [6.07, 6.45) is 2.71. The van der Waals surface area contributed by atoms with Gasteiger partial charge in [-0.25, -0.2) is 0 Å². The molecule has 1 saturated heterocycles. The average molecular weight is 389 g/mol. The van der Waals surface area contributed by atoms with E-state index in [1.807, 2.05) is 0 Å². The van der Waals surface area contributed by atoms with Crippen LogP contribution in [0, 0.1) is 17.0 Å². The molecule has 1 aromatic carbocycles. The molecule has 132 valence electrons. The molecule has 10 heteroatoms. The number of amides is 1. The zero-order chi connectivity index (χ0) is 18.8. The Labute approximate surface area is 156 Å². The summed E-state index contributed by atoms with van der Waals surface area (Å²) in [6, 6.07) is 7.00. The number of benzene rings is 1. The van der Waals surface area contributed by atoms with Crippen molar-refractivity contribution in [2.45, 2.75) is 6.92 Å². The quantitative estimate of drug-likeness (QED) is 0.280. The van der Waals surface area contributed by atoms with Gasteiger partial charge in [0.15, 0.2) is 4.32 Å². The average Bonchev–Trinajstić information content (AvgIpc) is 3.11. The lowest BCUT2D eigenvalue weighted by Gasteiger charge is -2.06. The van der Waals surface area contributed by atoms with Crippen molar-refractivity contribution in [3.8, 4) is 5.75 Å². The molecule has 1 N–H and O–H groups in total. The van der Waals surface area contributed by atoms with E-state index >= 15 is 0 Å². The highest BCUT2D eigenvalue weighted by molar-refractivity contribution is 8.26. The zero-order valence-corrected chi connectivity index (χ0v) is 14.9. The second-order valence-corrected chi connectivity index (χ2v) is 6.86. The number of phenolic OH excluding ortho intramolecular Hbond substituents is 1. The number of aryl methyl sites for hydroxylation is 1. The van der Waals surface area contributed by atoms with Crippen LogP contribution < -0.4 is 0 Å². The van der Waals surface area contributed by atoms with Crippen LogP contribution in [-0.4, -0.2) is 31.5 Å². The number of thiocarbonyl (C=S) groups is 1. The predicted octanol–water partition coefficient (Wildman–Crippen LogP) is 3.44. The van der Waals surface area contributed by atoms with Crippen molar-refractivity contribution < 1.29 is 19.2 Å². The van der Waals surface area contributed by atoms with Crippen molar-refractivity contribution in [3.63, 3.8) is 0 Å². The summed E-state index contributed by atoms with van der Waals surface area (Å²) in [4.78, 5) is 23.0. The van der Waals surface area contributed by atoms with E-state index < -0.39 is 10.8 Å². The van der Waals surface area contributed by atoms with Crippen LogP contribution in [0.15, 0.2) is 44.8 Å². The smallest absolute Gasteiger partial charge is 0.286 e. The lowest BCUT2D eigenvalue weighted by Crippen LogP contribution is -2.22. The Bertz CT molecular complexity index is 980. The summed E-state index contributed by atoms with van der Waals surface area (Å²) in [6.45, 7) is 1.79. The molecule has 3 rings (SSSR count). The molecular formula is C16H11N3O5S2. The fourth-order valence-electron chi connectivity index (χ4n) is 2.10. The first-order valence-corrected chi connectivity index (χ1v) is 8.43. The van der Waals surface area contributed by atoms with Gasteiger partial charge in [-0.15, -0.1) is 0 Å².